The van der Waals surface area contributed by atoms with Crippen molar-refractivity contribution in [3.05, 3.63) is 33.8 Å². The van der Waals surface area contributed by atoms with Crippen molar-refractivity contribution in [2.24, 2.45) is 23.5 Å². The largest absolute Gasteiger partial charge is 0.339 e. The number of halogens is 3. The van der Waals surface area contributed by atoms with Crippen LogP contribution in [-0.2, 0) is 4.79 Å². The highest BCUT2D eigenvalue weighted by Gasteiger charge is 2.50. The van der Waals surface area contributed by atoms with Crippen LogP contribution in [0, 0.1) is 17.8 Å². The Kier molecular flexibility index (Phi) is 6.26. The summed E-state index contributed by atoms with van der Waals surface area (Å²) in [6.45, 7) is 2.13. The number of carbonyl (C=O) groups excluding carboxylic acids is 2. The van der Waals surface area contributed by atoms with Gasteiger partial charge in [0, 0.05) is 37.2 Å². The number of benzene rings is 1. The van der Waals surface area contributed by atoms with Crippen LogP contribution in [0.3, 0.4) is 0 Å². The quantitative estimate of drug-likeness (QED) is 0.781. The molecule has 3 fully saturated rings. The van der Waals surface area contributed by atoms with E-state index in [4.69, 9.17) is 28.9 Å². The van der Waals surface area contributed by atoms with Crippen molar-refractivity contribution >= 4 is 47.4 Å². The van der Waals surface area contributed by atoms with Gasteiger partial charge in [-0.1, -0.05) is 23.2 Å². The van der Waals surface area contributed by atoms with Crippen LogP contribution in [0.15, 0.2) is 18.2 Å². The van der Waals surface area contributed by atoms with Gasteiger partial charge in [0.1, 0.15) is 0 Å². The van der Waals surface area contributed by atoms with Gasteiger partial charge in [-0.3, -0.25) is 9.59 Å². The zero-order valence-corrected chi connectivity index (χ0v) is 17.3. The molecule has 2 saturated carbocycles. The number of nitrogens with two attached hydrogens (primary N) is 1. The standard InChI is InChI=1S/C19H23Cl2N3O2.ClH/c20-13-3-4-14(15(21)10-13)18(25)23-5-7-24(8-6-23)19(26)16-11-1-2-12(9-11)17(16)22;/h3-4,10-12,16-17H,1-2,5-9,22H2;1H. The van der Waals surface area contributed by atoms with Crippen LogP contribution in [0.25, 0.3) is 0 Å². The van der Waals surface area contributed by atoms with Gasteiger partial charge in [0.05, 0.1) is 16.5 Å². The Labute approximate surface area is 175 Å². The van der Waals surface area contributed by atoms with E-state index < -0.39 is 0 Å². The molecule has 2 aliphatic carbocycles. The smallest absolute Gasteiger partial charge is 0.255 e. The second-order valence-electron chi connectivity index (χ2n) is 7.68. The summed E-state index contributed by atoms with van der Waals surface area (Å²) >= 11 is 12.0. The third kappa shape index (κ3) is 3.80. The summed E-state index contributed by atoms with van der Waals surface area (Å²) in [6, 6.07) is 4.90. The minimum atomic E-state index is -0.115. The number of hydrogen-bond acceptors (Lipinski definition) is 3. The van der Waals surface area contributed by atoms with Crippen LogP contribution >= 0.6 is 35.6 Å². The Bertz CT molecular complexity index is 735. The predicted molar refractivity (Wildman–Crippen MR) is 108 cm³/mol. The lowest BCUT2D eigenvalue weighted by molar-refractivity contribution is -0.139. The fraction of sp³-hybridized carbons (Fsp3) is 0.579. The van der Waals surface area contributed by atoms with Gasteiger partial charge in [-0.2, -0.15) is 0 Å². The molecular weight excluding hydrogens is 409 g/mol. The van der Waals surface area contributed by atoms with Crippen LogP contribution in [-0.4, -0.2) is 53.8 Å². The van der Waals surface area contributed by atoms with Gasteiger partial charge in [0.2, 0.25) is 5.91 Å². The predicted octanol–water partition coefficient (Wildman–Crippen LogP) is 3.07. The van der Waals surface area contributed by atoms with Crippen molar-refractivity contribution in [3.8, 4) is 0 Å². The third-order valence-corrected chi connectivity index (χ3v) is 6.85. The second kappa shape index (κ2) is 8.16. The number of rotatable bonds is 2. The number of piperazine rings is 1. The molecule has 1 heterocycles. The first kappa shape index (κ1) is 20.7. The molecule has 8 heteroatoms. The third-order valence-electron chi connectivity index (χ3n) is 6.31. The maximum absolute atomic E-state index is 12.9. The lowest BCUT2D eigenvalue weighted by atomic mass is 9.84. The summed E-state index contributed by atoms with van der Waals surface area (Å²) in [5.41, 5.74) is 6.76. The average Bonchev–Trinajstić information content (AvgIpc) is 3.22. The molecule has 1 aromatic rings. The van der Waals surface area contributed by atoms with Gasteiger partial charge in [0.15, 0.2) is 0 Å². The van der Waals surface area contributed by atoms with Crippen molar-refractivity contribution in [2.75, 3.05) is 26.2 Å². The van der Waals surface area contributed by atoms with Gasteiger partial charge >= 0.3 is 0 Å². The molecule has 5 nitrogen and oxygen atoms in total. The first-order valence-corrected chi connectivity index (χ1v) is 10.00. The highest BCUT2D eigenvalue weighted by molar-refractivity contribution is 6.36. The first-order valence-electron chi connectivity index (χ1n) is 9.24. The normalized spacial score (nSPS) is 29.6. The zero-order chi connectivity index (χ0) is 18.4. The van der Waals surface area contributed by atoms with Crippen molar-refractivity contribution in [1.82, 2.24) is 9.80 Å². The first-order chi connectivity index (χ1) is 12.5. The SMILES string of the molecule is Cl.NC1C2CCC(C2)C1C(=O)N1CCN(C(=O)c2ccc(Cl)cc2Cl)CC1. The maximum atomic E-state index is 12.9. The molecule has 4 atom stereocenters. The molecular formula is C19H24Cl3N3O2. The number of carbonyl (C=O) groups is 2. The summed E-state index contributed by atoms with van der Waals surface area (Å²) in [5, 5.41) is 0.859. The fourth-order valence-electron chi connectivity index (χ4n) is 4.88. The summed E-state index contributed by atoms with van der Waals surface area (Å²) in [5.74, 6) is 1.01. The van der Waals surface area contributed by atoms with Gasteiger partial charge in [-0.05, 0) is 49.3 Å². The van der Waals surface area contributed by atoms with Crippen LogP contribution in [0.1, 0.15) is 29.6 Å². The van der Waals surface area contributed by atoms with Crippen LogP contribution in [0.4, 0.5) is 0 Å². The lowest BCUT2D eigenvalue weighted by Crippen LogP contribution is -2.54. The maximum Gasteiger partial charge on any atom is 0.255 e. The number of nitrogens with zero attached hydrogens (tertiary/aromatic N) is 2. The van der Waals surface area contributed by atoms with E-state index in [9.17, 15) is 9.59 Å². The molecule has 0 aromatic heterocycles. The molecule has 4 unspecified atom stereocenters. The summed E-state index contributed by atoms with van der Waals surface area (Å²) in [6.07, 6.45) is 3.40. The van der Waals surface area contributed by atoms with Crippen molar-refractivity contribution in [1.29, 1.82) is 0 Å². The Hall–Kier alpha value is -1.01. The number of hydrogen-bond donors (Lipinski definition) is 1. The van der Waals surface area contributed by atoms with Gasteiger partial charge in [-0.15, -0.1) is 12.4 Å². The van der Waals surface area contributed by atoms with E-state index in [1.807, 2.05) is 4.90 Å². The van der Waals surface area contributed by atoms with E-state index in [1.165, 1.54) is 6.42 Å². The molecule has 0 spiro atoms. The molecule has 0 radical (unpaired) electrons. The Morgan fingerprint density at radius 3 is 2.22 bits per heavy atom. The highest BCUT2D eigenvalue weighted by atomic mass is 35.5. The minimum absolute atomic E-state index is 0. The lowest BCUT2D eigenvalue weighted by Gasteiger charge is -2.38. The molecule has 1 aromatic carbocycles. The molecule has 1 aliphatic heterocycles. The van der Waals surface area contributed by atoms with E-state index in [0.29, 0.717) is 53.6 Å². The molecule has 1 saturated heterocycles. The number of fused-ring (bicyclic) bond motifs is 2. The van der Waals surface area contributed by atoms with E-state index in [0.717, 1.165) is 12.8 Å². The van der Waals surface area contributed by atoms with Crippen molar-refractivity contribution in [2.45, 2.75) is 25.3 Å². The minimum Gasteiger partial charge on any atom is -0.339 e. The average molecular weight is 433 g/mol. The van der Waals surface area contributed by atoms with E-state index in [2.05, 4.69) is 0 Å². The molecule has 2 bridgehead atoms. The van der Waals surface area contributed by atoms with Crippen molar-refractivity contribution < 1.29 is 9.59 Å². The summed E-state index contributed by atoms with van der Waals surface area (Å²) in [4.78, 5) is 29.3. The topological polar surface area (TPSA) is 66.6 Å². The summed E-state index contributed by atoms with van der Waals surface area (Å²) in [7, 11) is 0. The Balaban J connectivity index is 0.00000210. The molecule has 148 valence electrons. The fourth-order valence-corrected chi connectivity index (χ4v) is 5.37. The van der Waals surface area contributed by atoms with Gasteiger partial charge in [0.25, 0.3) is 5.91 Å². The second-order valence-corrected chi connectivity index (χ2v) is 8.52. The van der Waals surface area contributed by atoms with E-state index >= 15 is 0 Å². The van der Waals surface area contributed by atoms with Crippen LogP contribution in [0.5, 0.6) is 0 Å². The van der Waals surface area contributed by atoms with Crippen LogP contribution < -0.4 is 5.73 Å². The zero-order valence-electron chi connectivity index (χ0n) is 14.9. The van der Waals surface area contributed by atoms with Gasteiger partial charge < -0.3 is 15.5 Å². The molecule has 2 amide bonds. The molecule has 27 heavy (non-hydrogen) atoms. The molecule has 2 N–H and O–H groups in total. The van der Waals surface area contributed by atoms with E-state index in [1.54, 1.807) is 23.1 Å². The van der Waals surface area contributed by atoms with Crippen molar-refractivity contribution in [3.63, 3.8) is 0 Å². The Morgan fingerprint density at radius 2 is 1.63 bits per heavy atom. The summed E-state index contributed by atoms with van der Waals surface area (Å²) < 4.78 is 0. The number of amides is 2. The van der Waals surface area contributed by atoms with E-state index in [-0.39, 0.29) is 36.2 Å². The Morgan fingerprint density at radius 1 is 1.00 bits per heavy atom. The molecule has 3 aliphatic rings. The monoisotopic (exact) mass is 431 g/mol. The van der Waals surface area contributed by atoms with Crippen LogP contribution in [0.2, 0.25) is 10.0 Å². The highest BCUT2D eigenvalue weighted by Crippen LogP contribution is 2.48. The van der Waals surface area contributed by atoms with Gasteiger partial charge in [-0.25, -0.2) is 0 Å². The molecule has 4 rings (SSSR count).